The lowest BCUT2D eigenvalue weighted by molar-refractivity contribution is 0.289. The second kappa shape index (κ2) is 7.61. The Labute approximate surface area is 174 Å². The van der Waals surface area contributed by atoms with E-state index in [0.29, 0.717) is 6.42 Å². The smallest absolute Gasteiger partial charge is 0.139 e. The Bertz CT molecular complexity index is 1070. The molecule has 6 heteroatoms. The summed E-state index contributed by atoms with van der Waals surface area (Å²) < 4.78 is 14.1. The van der Waals surface area contributed by atoms with Crippen LogP contribution >= 0.6 is 11.3 Å². The lowest BCUT2D eigenvalue weighted by Gasteiger charge is -2.36. The number of aryl methyl sites for hydroxylation is 1. The number of anilines is 2. The zero-order valence-corrected chi connectivity index (χ0v) is 17.1. The number of amidine groups is 1. The monoisotopic (exact) mass is 406 g/mol. The summed E-state index contributed by atoms with van der Waals surface area (Å²) in [6.45, 7) is 4.65. The second-order valence-corrected chi connectivity index (χ2v) is 8.83. The van der Waals surface area contributed by atoms with E-state index in [1.165, 1.54) is 10.9 Å². The van der Waals surface area contributed by atoms with E-state index in [0.717, 1.165) is 53.0 Å². The number of hydrogen-bond donors (Lipinski definition) is 2. The molecule has 0 saturated carbocycles. The van der Waals surface area contributed by atoms with Crippen LogP contribution in [0.15, 0.2) is 59.6 Å². The van der Waals surface area contributed by atoms with Crippen LogP contribution in [0.3, 0.4) is 0 Å². The van der Waals surface area contributed by atoms with E-state index in [2.05, 4.69) is 34.6 Å². The van der Waals surface area contributed by atoms with Gasteiger partial charge in [0.1, 0.15) is 16.7 Å². The van der Waals surface area contributed by atoms with Gasteiger partial charge in [0.15, 0.2) is 0 Å². The van der Waals surface area contributed by atoms with E-state index in [1.807, 2.05) is 30.3 Å². The number of piperazine rings is 1. The van der Waals surface area contributed by atoms with Crippen LogP contribution in [0.25, 0.3) is 0 Å². The van der Waals surface area contributed by atoms with Crippen molar-refractivity contribution in [2.75, 3.05) is 25.0 Å². The molecule has 148 valence electrons. The number of para-hydroxylation sites is 2. The molecule has 0 aliphatic carbocycles. The first-order chi connectivity index (χ1) is 14.2. The van der Waals surface area contributed by atoms with E-state index in [1.54, 1.807) is 17.4 Å². The van der Waals surface area contributed by atoms with Gasteiger partial charge in [0.2, 0.25) is 0 Å². The van der Waals surface area contributed by atoms with Gasteiger partial charge in [-0.25, -0.2) is 9.38 Å². The molecule has 2 aliphatic heterocycles. The van der Waals surface area contributed by atoms with Gasteiger partial charge in [0, 0.05) is 30.6 Å². The fraction of sp³-hybridized carbons (Fsp3) is 0.261. The Kier molecular flexibility index (Phi) is 4.81. The van der Waals surface area contributed by atoms with Crippen molar-refractivity contribution in [1.29, 1.82) is 0 Å². The first-order valence-electron chi connectivity index (χ1n) is 9.94. The predicted molar refractivity (Wildman–Crippen MR) is 118 cm³/mol. The number of halogens is 1. The summed E-state index contributed by atoms with van der Waals surface area (Å²) in [6, 6.07) is 17.6. The zero-order valence-electron chi connectivity index (χ0n) is 16.3. The van der Waals surface area contributed by atoms with E-state index in [4.69, 9.17) is 4.99 Å². The molecule has 2 aromatic carbocycles. The molecule has 1 atom stereocenters. The zero-order chi connectivity index (χ0) is 19.8. The summed E-state index contributed by atoms with van der Waals surface area (Å²) in [5, 5.41) is 8.25. The highest BCUT2D eigenvalue weighted by Gasteiger charge is 2.28. The topological polar surface area (TPSA) is 39.7 Å². The number of nitrogens with zero attached hydrogens (tertiary/aromatic N) is 2. The van der Waals surface area contributed by atoms with Gasteiger partial charge in [-0.05, 0) is 43.2 Å². The Morgan fingerprint density at radius 2 is 2.00 bits per heavy atom. The highest BCUT2D eigenvalue weighted by Crippen LogP contribution is 2.39. The quantitative estimate of drug-likeness (QED) is 0.639. The minimum atomic E-state index is -0.132. The lowest BCUT2D eigenvalue weighted by Crippen LogP contribution is -2.53. The Morgan fingerprint density at radius 1 is 1.17 bits per heavy atom. The maximum Gasteiger partial charge on any atom is 0.139 e. The number of nitrogens with one attached hydrogen (secondary N) is 2. The summed E-state index contributed by atoms with van der Waals surface area (Å²) in [7, 11) is 0. The molecule has 2 N–H and O–H groups in total. The molecule has 4 nitrogen and oxygen atoms in total. The number of thiophene rings is 1. The molecule has 29 heavy (non-hydrogen) atoms. The number of aliphatic imine (C=N–C) groups is 1. The van der Waals surface area contributed by atoms with Crippen molar-refractivity contribution < 1.29 is 4.39 Å². The minimum absolute atomic E-state index is 0.132. The molecular formula is C23H23FN4S. The van der Waals surface area contributed by atoms with Gasteiger partial charge in [-0.2, -0.15) is 0 Å². The number of benzene rings is 2. The molecule has 0 spiro atoms. The van der Waals surface area contributed by atoms with Gasteiger partial charge in [-0.1, -0.05) is 30.3 Å². The molecule has 5 rings (SSSR count). The normalized spacial score (nSPS) is 18.3. The standard InChI is InChI=1S/C23H23FN4S/c1-15-12-18-22(26-20-8-4-5-9-21(20)27-23(18)29-15)28-11-10-25-17(14-28)13-16-6-2-3-7-19(16)24/h2-9,12,17,25,27H,10-11,13-14H2,1H3/t17-/m0/s1. The Balaban J connectivity index is 1.47. The molecule has 0 radical (unpaired) electrons. The van der Waals surface area contributed by atoms with Crippen LogP contribution in [0, 0.1) is 12.7 Å². The van der Waals surface area contributed by atoms with Crippen molar-refractivity contribution in [2.45, 2.75) is 19.4 Å². The third-order valence-electron chi connectivity index (χ3n) is 5.45. The first kappa shape index (κ1) is 18.3. The van der Waals surface area contributed by atoms with Crippen LogP contribution in [-0.2, 0) is 6.42 Å². The van der Waals surface area contributed by atoms with E-state index in [9.17, 15) is 4.39 Å². The molecular weight excluding hydrogens is 383 g/mol. The van der Waals surface area contributed by atoms with Gasteiger partial charge >= 0.3 is 0 Å². The number of fused-ring (bicyclic) bond motifs is 2. The van der Waals surface area contributed by atoms with Crippen molar-refractivity contribution in [3.63, 3.8) is 0 Å². The minimum Gasteiger partial charge on any atom is -0.353 e. The van der Waals surface area contributed by atoms with Crippen LogP contribution in [0.2, 0.25) is 0 Å². The van der Waals surface area contributed by atoms with Crippen LogP contribution in [0.5, 0.6) is 0 Å². The summed E-state index contributed by atoms with van der Waals surface area (Å²) in [6.07, 6.45) is 0.667. The summed E-state index contributed by atoms with van der Waals surface area (Å²) in [5.74, 6) is 0.869. The maximum atomic E-state index is 14.1. The number of hydrogen-bond acceptors (Lipinski definition) is 5. The van der Waals surface area contributed by atoms with Crippen molar-refractivity contribution in [3.8, 4) is 0 Å². The van der Waals surface area contributed by atoms with E-state index < -0.39 is 0 Å². The molecule has 0 amide bonds. The van der Waals surface area contributed by atoms with Crippen LogP contribution in [0.1, 0.15) is 16.0 Å². The van der Waals surface area contributed by atoms with Gasteiger partial charge in [0.05, 0.1) is 16.9 Å². The van der Waals surface area contributed by atoms with Crippen LogP contribution in [0.4, 0.5) is 20.8 Å². The fourth-order valence-electron chi connectivity index (χ4n) is 4.07. The largest absolute Gasteiger partial charge is 0.353 e. The number of rotatable bonds is 2. The third-order valence-corrected chi connectivity index (χ3v) is 6.42. The molecule has 0 bridgehead atoms. The predicted octanol–water partition coefficient (Wildman–Crippen LogP) is 4.85. The average Bonchev–Trinajstić information content (AvgIpc) is 3.01. The summed E-state index contributed by atoms with van der Waals surface area (Å²) in [4.78, 5) is 8.66. The van der Waals surface area contributed by atoms with Crippen LogP contribution in [-0.4, -0.2) is 36.4 Å². The Hall–Kier alpha value is -2.70. The summed E-state index contributed by atoms with van der Waals surface area (Å²) >= 11 is 1.76. The molecule has 1 aromatic heterocycles. The maximum absolute atomic E-state index is 14.1. The first-order valence-corrected chi connectivity index (χ1v) is 10.8. The highest BCUT2D eigenvalue weighted by molar-refractivity contribution is 7.16. The second-order valence-electron chi connectivity index (χ2n) is 7.57. The van der Waals surface area contributed by atoms with E-state index >= 15 is 0 Å². The third kappa shape index (κ3) is 3.66. The van der Waals surface area contributed by atoms with Gasteiger partial charge in [-0.15, -0.1) is 11.3 Å². The van der Waals surface area contributed by atoms with Crippen molar-refractivity contribution in [3.05, 3.63) is 76.4 Å². The SMILES string of the molecule is Cc1cc2c(s1)Nc1ccccc1N=C2N1CCN[C@@H](Cc2ccccc2F)C1. The molecule has 3 heterocycles. The Morgan fingerprint density at radius 3 is 2.90 bits per heavy atom. The fourth-order valence-corrected chi connectivity index (χ4v) is 4.99. The molecule has 1 fully saturated rings. The molecule has 0 unspecified atom stereocenters. The van der Waals surface area contributed by atoms with E-state index in [-0.39, 0.29) is 11.9 Å². The molecule has 2 aliphatic rings. The van der Waals surface area contributed by atoms with Gasteiger partial charge in [-0.3, -0.25) is 0 Å². The molecule has 1 saturated heterocycles. The van der Waals surface area contributed by atoms with Crippen molar-refractivity contribution >= 4 is 33.5 Å². The lowest BCUT2D eigenvalue weighted by atomic mass is 10.0. The molecule has 3 aromatic rings. The average molecular weight is 407 g/mol. The van der Waals surface area contributed by atoms with Gasteiger partial charge < -0.3 is 15.5 Å². The van der Waals surface area contributed by atoms with Crippen LogP contribution < -0.4 is 10.6 Å². The summed E-state index contributed by atoms with van der Waals surface area (Å²) in [5.41, 5.74) is 3.89. The van der Waals surface area contributed by atoms with Gasteiger partial charge in [0.25, 0.3) is 0 Å². The van der Waals surface area contributed by atoms with Crippen molar-refractivity contribution in [2.24, 2.45) is 4.99 Å². The highest BCUT2D eigenvalue weighted by atomic mass is 32.1. The van der Waals surface area contributed by atoms with Crippen molar-refractivity contribution in [1.82, 2.24) is 10.2 Å².